The Kier molecular flexibility index (Phi) is 6.19. The molecule has 1 amide bonds. The molecule has 0 bridgehead atoms. The molecule has 128 valence electrons. The fourth-order valence-electron chi connectivity index (χ4n) is 2.06. The predicted octanol–water partition coefficient (Wildman–Crippen LogP) is 3.86. The lowest BCUT2D eigenvalue weighted by molar-refractivity contribution is -0.118. The van der Waals surface area contributed by atoms with E-state index >= 15 is 0 Å². The number of nitrogens with zero attached hydrogens (tertiary/aromatic N) is 1. The van der Waals surface area contributed by atoms with Crippen LogP contribution in [0.25, 0.3) is 11.1 Å². The minimum atomic E-state index is -0.511. The zero-order valence-electron chi connectivity index (χ0n) is 14.3. The number of carbonyl (C=O) groups is 1. The normalized spacial score (nSPS) is 14.2. The number of oxazole rings is 1. The molecule has 0 spiro atoms. The molecule has 0 radical (unpaired) electrons. The second-order valence-corrected chi connectivity index (χ2v) is 6.85. The molecule has 1 aromatic carbocycles. The van der Waals surface area contributed by atoms with Crippen LogP contribution in [-0.4, -0.2) is 16.9 Å². The van der Waals surface area contributed by atoms with Crippen LogP contribution in [0.4, 0.5) is 5.69 Å². The Morgan fingerprint density at radius 1 is 1.39 bits per heavy atom. The van der Waals surface area contributed by atoms with Gasteiger partial charge in [-0.05, 0) is 24.1 Å². The number of rotatable bonds is 4. The maximum absolute atomic E-state index is 12.1. The average Bonchev–Trinajstić information content (AvgIpc) is 2.88. The summed E-state index contributed by atoms with van der Waals surface area (Å²) in [7, 11) is 0. The number of halogens is 1. The molecule has 2 rings (SSSR count). The van der Waals surface area contributed by atoms with E-state index in [2.05, 4.69) is 10.3 Å². The average molecular weight is 340 g/mol. The molecular weight excluding hydrogens is 314 g/mol. The molecule has 3 N–H and O–H groups in total. The van der Waals surface area contributed by atoms with Gasteiger partial charge in [-0.2, -0.15) is 0 Å². The Balaban J connectivity index is 0.00000264. The van der Waals surface area contributed by atoms with Crippen LogP contribution >= 0.6 is 12.4 Å². The number of benzene rings is 1. The van der Waals surface area contributed by atoms with Crippen molar-refractivity contribution >= 4 is 35.1 Å². The highest BCUT2D eigenvalue weighted by Crippen LogP contribution is 2.27. The minimum Gasteiger partial charge on any atom is -0.440 e. The number of anilines is 1. The number of carbonyl (C=O) groups excluding carboxylic acids is 1. The topological polar surface area (TPSA) is 81.2 Å². The van der Waals surface area contributed by atoms with Crippen molar-refractivity contribution in [1.29, 1.82) is 0 Å². The van der Waals surface area contributed by atoms with Gasteiger partial charge in [-0.25, -0.2) is 4.98 Å². The van der Waals surface area contributed by atoms with Gasteiger partial charge in [0.1, 0.15) is 5.52 Å². The van der Waals surface area contributed by atoms with Gasteiger partial charge in [-0.15, -0.1) is 12.4 Å². The van der Waals surface area contributed by atoms with Crippen molar-refractivity contribution in [3.63, 3.8) is 0 Å². The van der Waals surface area contributed by atoms with Crippen LogP contribution < -0.4 is 11.1 Å². The summed E-state index contributed by atoms with van der Waals surface area (Å²) < 4.78 is 5.75. The maximum atomic E-state index is 12.1. The summed E-state index contributed by atoms with van der Waals surface area (Å²) in [5.74, 6) is 0.652. The summed E-state index contributed by atoms with van der Waals surface area (Å²) in [5, 5.41) is 2.85. The zero-order chi connectivity index (χ0) is 16.5. The summed E-state index contributed by atoms with van der Waals surface area (Å²) in [6.45, 7) is 10.1. The Labute approximate surface area is 143 Å². The van der Waals surface area contributed by atoms with E-state index in [1.165, 1.54) is 0 Å². The van der Waals surface area contributed by atoms with Crippen LogP contribution in [0.1, 0.15) is 46.9 Å². The molecule has 0 fully saturated rings. The van der Waals surface area contributed by atoms with Gasteiger partial charge in [0.05, 0.1) is 6.04 Å². The summed E-state index contributed by atoms with van der Waals surface area (Å²) >= 11 is 0. The van der Waals surface area contributed by atoms with Crippen LogP contribution in [-0.2, 0) is 10.2 Å². The van der Waals surface area contributed by atoms with Gasteiger partial charge in [0, 0.05) is 11.1 Å². The molecule has 0 aliphatic carbocycles. The van der Waals surface area contributed by atoms with Gasteiger partial charge in [0.25, 0.3) is 0 Å². The Bertz CT molecular complexity index is 676. The third-order valence-corrected chi connectivity index (χ3v) is 3.86. The number of amides is 1. The van der Waals surface area contributed by atoms with E-state index in [0.29, 0.717) is 17.2 Å². The highest BCUT2D eigenvalue weighted by molar-refractivity contribution is 5.96. The lowest BCUT2D eigenvalue weighted by atomic mass is 9.97. The number of fused-ring (bicyclic) bond motifs is 1. The Morgan fingerprint density at radius 3 is 2.61 bits per heavy atom. The standard InChI is InChI=1S/C17H25N3O2.ClH/c1-6-10(2)14(18)15(21)19-11-7-8-13-12(9-11)20-16(22-13)17(3,4)5;/h7-10,14H,6,18H2,1-5H3,(H,19,21);1H. The second-order valence-electron chi connectivity index (χ2n) is 6.85. The van der Waals surface area contributed by atoms with Crippen molar-refractivity contribution in [2.24, 2.45) is 11.7 Å². The van der Waals surface area contributed by atoms with Crippen LogP contribution in [0, 0.1) is 5.92 Å². The smallest absolute Gasteiger partial charge is 0.241 e. The number of nitrogens with two attached hydrogens (primary N) is 1. The molecule has 23 heavy (non-hydrogen) atoms. The molecule has 2 aromatic rings. The largest absolute Gasteiger partial charge is 0.440 e. The molecule has 0 aliphatic heterocycles. The van der Waals surface area contributed by atoms with Crippen LogP contribution in [0.5, 0.6) is 0 Å². The molecule has 5 nitrogen and oxygen atoms in total. The summed E-state index contributed by atoms with van der Waals surface area (Å²) in [6.07, 6.45) is 0.867. The van der Waals surface area contributed by atoms with E-state index in [0.717, 1.165) is 11.9 Å². The molecule has 0 saturated heterocycles. The third-order valence-electron chi connectivity index (χ3n) is 3.86. The summed E-state index contributed by atoms with van der Waals surface area (Å²) in [5.41, 5.74) is 7.93. The quantitative estimate of drug-likeness (QED) is 0.886. The van der Waals surface area contributed by atoms with Crippen LogP contribution in [0.2, 0.25) is 0 Å². The van der Waals surface area contributed by atoms with Crippen molar-refractivity contribution in [3.8, 4) is 0 Å². The predicted molar refractivity (Wildman–Crippen MR) is 96.0 cm³/mol. The highest BCUT2D eigenvalue weighted by atomic mass is 35.5. The first kappa shape index (κ1) is 19.5. The number of aromatic nitrogens is 1. The maximum Gasteiger partial charge on any atom is 0.241 e. The Hall–Kier alpha value is -1.59. The van der Waals surface area contributed by atoms with Crippen molar-refractivity contribution in [1.82, 2.24) is 4.98 Å². The van der Waals surface area contributed by atoms with Crippen molar-refractivity contribution < 1.29 is 9.21 Å². The first-order valence-electron chi connectivity index (χ1n) is 7.70. The molecular formula is C17H26ClN3O2. The van der Waals surface area contributed by atoms with Crippen molar-refractivity contribution in [3.05, 3.63) is 24.1 Å². The van der Waals surface area contributed by atoms with Crippen molar-refractivity contribution in [2.45, 2.75) is 52.5 Å². The first-order chi connectivity index (χ1) is 10.2. The Morgan fingerprint density at radius 2 is 2.04 bits per heavy atom. The van der Waals surface area contributed by atoms with E-state index in [1.54, 1.807) is 6.07 Å². The van der Waals surface area contributed by atoms with Gasteiger partial charge >= 0.3 is 0 Å². The van der Waals surface area contributed by atoms with Gasteiger partial charge in [-0.3, -0.25) is 4.79 Å². The van der Waals surface area contributed by atoms with E-state index in [4.69, 9.17) is 10.2 Å². The van der Waals surface area contributed by atoms with Crippen LogP contribution in [0.3, 0.4) is 0 Å². The molecule has 2 unspecified atom stereocenters. The molecule has 2 atom stereocenters. The lowest BCUT2D eigenvalue weighted by Crippen LogP contribution is -2.40. The minimum absolute atomic E-state index is 0. The first-order valence-corrected chi connectivity index (χ1v) is 7.70. The van der Waals surface area contributed by atoms with E-state index in [-0.39, 0.29) is 29.6 Å². The fraction of sp³-hybridized carbons (Fsp3) is 0.529. The number of hydrogen-bond donors (Lipinski definition) is 2. The summed E-state index contributed by atoms with van der Waals surface area (Å²) in [4.78, 5) is 16.6. The van der Waals surface area contributed by atoms with E-state index in [1.807, 2.05) is 46.8 Å². The third kappa shape index (κ3) is 4.45. The molecule has 1 aromatic heterocycles. The SMILES string of the molecule is CCC(C)C(N)C(=O)Nc1ccc2oc(C(C)(C)C)nc2c1.Cl. The zero-order valence-corrected chi connectivity index (χ0v) is 15.2. The lowest BCUT2D eigenvalue weighted by Gasteiger charge is -2.17. The second kappa shape index (κ2) is 7.32. The monoisotopic (exact) mass is 339 g/mol. The fourth-order valence-corrected chi connectivity index (χ4v) is 2.06. The van der Waals surface area contributed by atoms with Crippen LogP contribution in [0.15, 0.2) is 22.6 Å². The number of nitrogens with one attached hydrogen (secondary N) is 1. The number of hydrogen-bond acceptors (Lipinski definition) is 4. The van der Waals surface area contributed by atoms with Gasteiger partial charge in [0.15, 0.2) is 5.58 Å². The summed E-state index contributed by atoms with van der Waals surface area (Å²) in [6, 6.07) is 4.93. The molecule has 0 saturated carbocycles. The van der Waals surface area contributed by atoms with E-state index < -0.39 is 6.04 Å². The van der Waals surface area contributed by atoms with E-state index in [9.17, 15) is 4.79 Å². The molecule has 0 aliphatic rings. The van der Waals surface area contributed by atoms with Gasteiger partial charge in [-0.1, -0.05) is 41.0 Å². The molecule has 6 heteroatoms. The van der Waals surface area contributed by atoms with Gasteiger partial charge in [0.2, 0.25) is 11.8 Å². The van der Waals surface area contributed by atoms with Gasteiger partial charge < -0.3 is 15.5 Å². The molecule has 1 heterocycles. The highest BCUT2D eigenvalue weighted by Gasteiger charge is 2.22. The van der Waals surface area contributed by atoms with Crippen molar-refractivity contribution in [2.75, 3.05) is 5.32 Å².